The van der Waals surface area contributed by atoms with E-state index >= 15 is 0 Å². The third kappa shape index (κ3) is 17.8. The molecule has 2 amide bonds. The molecule has 0 atom stereocenters. The van der Waals surface area contributed by atoms with Crippen molar-refractivity contribution in [3.05, 3.63) is 72.8 Å². The van der Waals surface area contributed by atoms with E-state index in [0.29, 0.717) is 18.0 Å². The summed E-state index contributed by atoms with van der Waals surface area (Å²) in [5.41, 5.74) is 1.67. The predicted molar refractivity (Wildman–Crippen MR) is 132 cm³/mol. The molecule has 5 heteroatoms. The zero-order chi connectivity index (χ0) is 23.3. The Hall–Kier alpha value is -2.79. The van der Waals surface area contributed by atoms with Gasteiger partial charge >= 0.3 is 6.03 Å². The summed E-state index contributed by atoms with van der Waals surface area (Å²) in [6.45, 7) is 10.7. The average molecular weight is 429 g/mol. The lowest BCUT2D eigenvalue weighted by atomic mass is 10.2. The van der Waals surface area contributed by atoms with Crippen LogP contribution in [0.2, 0.25) is 0 Å². The number of unbranched alkanes of at least 4 members (excludes halogenated alkanes) is 3. The molecule has 31 heavy (non-hydrogen) atoms. The Labute approximate surface area is 189 Å². The van der Waals surface area contributed by atoms with E-state index in [-0.39, 0.29) is 12.8 Å². The van der Waals surface area contributed by atoms with E-state index in [1.807, 2.05) is 43.3 Å². The molecular formula is C26H40N2O3. The maximum absolute atomic E-state index is 11.4. The highest BCUT2D eigenvalue weighted by Crippen LogP contribution is 2.16. The molecule has 0 aliphatic rings. The molecule has 0 aliphatic heterocycles. The summed E-state index contributed by atoms with van der Waals surface area (Å²) in [5, 5.41) is 2.74. The Morgan fingerprint density at radius 1 is 0.935 bits per heavy atom. The van der Waals surface area contributed by atoms with Gasteiger partial charge in [0.25, 0.3) is 0 Å². The third-order valence-corrected chi connectivity index (χ3v) is 3.79. The van der Waals surface area contributed by atoms with Crippen molar-refractivity contribution in [2.45, 2.75) is 46.5 Å². The van der Waals surface area contributed by atoms with Gasteiger partial charge in [-0.1, -0.05) is 88.1 Å². The molecule has 0 saturated heterocycles. The molecule has 2 aromatic carbocycles. The average Bonchev–Trinajstić information content (AvgIpc) is 2.78. The second-order valence-corrected chi connectivity index (χ2v) is 7.28. The second kappa shape index (κ2) is 19.2. The third-order valence-electron chi connectivity index (χ3n) is 3.79. The molecule has 0 radical (unpaired) electrons. The lowest BCUT2D eigenvalue weighted by molar-refractivity contribution is 0.0275. The number of carbonyl (C=O) groups excluding carboxylic acids is 1. The van der Waals surface area contributed by atoms with Crippen LogP contribution in [0.1, 0.15) is 46.5 Å². The summed E-state index contributed by atoms with van der Waals surface area (Å²) < 4.78 is 10.6. The molecule has 2 aromatic rings. The normalized spacial score (nSPS) is 9.32. The molecule has 172 valence electrons. The Kier molecular flexibility index (Phi) is 17.5. The Balaban J connectivity index is 0.000000607. The fourth-order valence-electron chi connectivity index (χ4n) is 2.08. The molecule has 0 aliphatic carbocycles. The first-order valence-electron chi connectivity index (χ1n) is 10.8. The van der Waals surface area contributed by atoms with Crippen LogP contribution in [0.5, 0.6) is 5.75 Å². The van der Waals surface area contributed by atoms with Crippen LogP contribution in [-0.2, 0) is 4.74 Å². The Morgan fingerprint density at radius 3 is 1.81 bits per heavy atom. The molecule has 0 aromatic heterocycles. The molecule has 0 saturated carbocycles. The van der Waals surface area contributed by atoms with Gasteiger partial charge in [-0.2, -0.15) is 0 Å². The minimum absolute atomic E-state index is 0.168. The van der Waals surface area contributed by atoms with E-state index in [0.717, 1.165) is 5.57 Å². The van der Waals surface area contributed by atoms with Crippen molar-refractivity contribution < 1.29 is 14.3 Å². The molecule has 0 fully saturated rings. The van der Waals surface area contributed by atoms with E-state index < -0.39 is 0 Å². The zero-order valence-corrected chi connectivity index (χ0v) is 19.9. The van der Waals surface area contributed by atoms with Crippen LogP contribution in [0.3, 0.4) is 0 Å². The molecule has 0 unspecified atom stereocenters. The quantitative estimate of drug-likeness (QED) is 0.266. The van der Waals surface area contributed by atoms with Crippen LogP contribution in [0.4, 0.5) is 10.5 Å². The van der Waals surface area contributed by atoms with Gasteiger partial charge in [0.2, 0.25) is 0 Å². The number of nitrogens with zero attached hydrogens (tertiary/aromatic N) is 1. The number of hydrogen-bond acceptors (Lipinski definition) is 3. The molecule has 2 rings (SSSR count). The molecule has 0 spiro atoms. The lowest BCUT2D eigenvalue weighted by Gasteiger charge is -2.12. The Bertz CT molecular complexity index is 655. The standard InChI is InChI=1S/C14H20N2O3.C6H6.C6H14/c1-11(2)9-18-10-19-13-7-5-12(6-8-13)15-14(17)16(3)4;1-2-4-6-5-3-1;1-3-5-6-4-2/h5-8H,1,9-10H2,2-4H3,(H,15,17);1-6H;3-6H2,1-2H3. The number of urea groups is 1. The molecule has 0 heterocycles. The minimum Gasteiger partial charge on any atom is -0.468 e. The van der Waals surface area contributed by atoms with Gasteiger partial charge in [0.05, 0.1) is 6.61 Å². The van der Waals surface area contributed by atoms with E-state index in [4.69, 9.17) is 9.47 Å². The van der Waals surface area contributed by atoms with Crippen molar-refractivity contribution in [2.75, 3.05) is 32.8 Å². The van der Waals surface area contributed by atoms with Crippen LogP contribution in [-0.4, -0.2) is 38.4 Å². The largest absolute Gasteiger partial charge is 0.468 e. The summed E-state index contributed by atoms with van der Waals surface area (Å²) in [4.78, 5) is 12.9. The summed E-state index contributed by atoms with van der Waals surface area (Å²) in [7, 11) is 3.37. The van der Waals surface area contributed by atoms with Crippen molar-refractivity contribution in [1.82, 2.24) is 4.90 Å². The van der Waals surface area contributed by atoms with Gasteiger partial charge in [0.1, 0.15) is 5.75 Å². The summed E-state index contributed by atoms with van der Waals surface area (Å²) in [6, 6.07) is 18.9. The number of rotatable bonds is 9. The maximum Gasteiger partial charge on any atom is 0.321 e. The number of amides is 2. The highest BCUT2D eigenvalue weighted by Gasteiger charge is 2.03. The smallest absolute Gasteiger partial charge is 0.321 e. The number of benzene rings is 2. The van der Waals surface area contributed by atoms with Crippen LogP contribution >= 0.6 is 0 Å². The van der Waals surface area contributed by atoms with E-state index in [1.165, 1.54) is 30.6 Å². The zero-order valence-electron chi connectivity index (χ0n) is 19.9. The molecule has 5 nitrogen and oxygen atoms in total. The second-order valence-electron chi connectivity index (χ2n) is 7.28. The minimum atomic E-state index is -0.168. The number of carbonyl (C=O) groups is 1. The van der Waals surface area contributed by atoms with E-state index in [9.17, 15) is 4.79 Å². The summed E-state index contributed by atoms with van der Waals surface area (Å²) in [6.07, 6.45) is 5.54. The van der Waals surface area contributed by atoms with E-state index in [1.54, 1.807) is 38.4 Å². The van der Waals surface area contributed by atoms with E-state index in [2.05, 4.69) is 25.7 Å². The van der Waals surface area contributed by atoms with Crippen LogP contribution in [0.25, 0.3) is 0 Å². The molecule has 0 bridgehead atoms. The van der Waals surface area contributed by atoms with Crippen LogP contribution < -0.4 is 10.1 Å². The van der Waals surface area contributed by atoms with Gasteiger partial charge in [-0.3, -0.25) is 0 Å². The van der Waals surface area contributed by atoms with Crippen molar-refractivity contribution >= 4 is 11.7 Å². The maximum atomic E-state index is 11.4. The topological polar surface area (TPSA) is 50.8 Å². The van der Waals surface area contributed by atoms with Gasteiger partial charge in [0, 0.05) is 19.8 Å². The monoisotopic (exact) mass is 428 g/mol. The first kappa shape index (κ1) is 28.2. The fourth-order valence-corrected chi connectivity index (χ4v) is 2.08. The number of nitrogens with one attached hydrogen (secondary N) is 1. The van der Waals surface area contributed by atoms with Crippen molar-refractivity contribution in [1.29, 1.82) is 0 Å². The SMILES string of the molecule is C=C(C)COCOc1ccc(NC(=O)N(C)C)cc1.CCCCCC.c1ccccc1. The first-order valence-corrected chi connectivity index (χ1v) is 10.8. The van der Waals surface area contributed by atoms with Gasteiger partial charge in [-0.05, 0) is 31.2 Å². The molecule has 1 N–H and O–H groups in total. The van der Waals surface area contributed by atoms with Crippen molar-refractivity contribution in [3.8, 4) is 5.75 Å². The molecular weight excluding hydrogens is 388 g/mol. The first-order chi connectivity index (χ1) is 14.9. The summed E-state index contributed by atoms with van der Waals surface area (Å²) >= 11 is 0. The lowest BCUT2D eigenvalue weighted by Crippen LogP contribution is -2.27. The highest BCUT2D eigenvalue weighted by molar-refractivity contribution is 5.88. The van der Waals surface area contributed by atoms with Gasteiger partial charge in [0.15, 0.2) is 6.79 Å². The van der Waals surface area contributed by atoms with Crippen molar-refractivity contribution in [3.63, 3.8) is 0 Å². The summed E-state index contributed by atoms with van der Waals surface area (Å²) in [5.74, 6) is 0.685. The number of anilines is 1. The predicted octanol–water partition coefficient (Wildman–Crippen LogP) is 6.98. The van der Waals surface area contributed by atoms with Crippen LogP contribution in [0.15, 0.2) is 72.8 Å². The van der Waals surface area contributed by atoms with Crippen LogP contribution in [0, 0.1) is 0 Å². The van der Waals surface area contributed by atoms with Gasteiger partial charge in [-0.25, -0.2) is 4.79 Å². The van der Waals surface area contributed by atoms with Gasteiger partial charge < -0.3 is 19.7 Å². The number of ether oxygens (including phenoxy) is 2. The van der Waals surface area contributed by atoms with Crippen molar-refractivity contribution in [2.24, 2.45) is 0 Å². The number of hydrogen-bond donors (Lipinski definition) is 1. The highest BCUT2D eigenvalue weighted by atomic mass is 16.7. The fraction of sp³-hybridized carbons (Fsp3) is 0.423. The van der Waals surface area contributed by atoms with Gasteiger partial charge in [-0.15, -0.1) is 0 Å². The Morgan fingerprint density at radius 2 is 1.42 bits per heavy atom.